The summed E-state index contributed by atoms with van der Waals surface area (Å²) in [5, 5.41) is 7.88. The van der Waals surface area contributed by atoms with E-state index in [0.29, 0.717) is 27.8 Å². The van der Waals surface area contributed by atoms with Gasteiger partial charge in [-0.2, -0.15) is 9.61 Å². The lowest BCUT2D eigenvalue weighted by Crippen LogP contribution is -2.20. The van der Waals surface area contributed by atoms with Crippen molar-refractivity contribution in [2.45, 2.75) is 26.9 Å². The average Bonchev–Trinajstić information content (AvgIpc) is 3.21. The van der Waals surface area contributed by atoms with Crippen LogP contribution in [0.2, 0.25) is 0 Å². The first-order valence-electron chi connectivity index (χ1n) is 10.1. The Morgan fingerprint density at radius 3 is 2.78 bits per heavy atom. The topological polar surface area (TPSA) is 94.8 Å². The van der Waals surface area contributed by atoms with Gasteiger partial charge in [-0.1, -0.05) is 42.5 Å². The minimum Gasteiger partial charge on any atom is -0.487 e. The van der Waals surface area contributed by atoms with E-state index < -0.39 is 0 Å². The van der Waals surface area contributed by atoms with Gasteiger partial charge in [-0.15, -0.1) is 0 Å². The second kappa shape index (κ2) is 9.61. The summed E-state index contributed by atoms with van der Waals surface area (Å²) in [7, 11) is 0. The molecule has 9 heteroatoms. The summed E-state index contributed by atoms with van der Waals surface area (Å²) >= 11 is 1.39. The molecule has 0 unspecified atom stereocenters. The van der Waals surface area contributed by atoms with Crippen LogP contribution in [-0.4, -0.2) is 27.1 Å². The highest BCUT2D eigenvalue weighted by Crippen LogP contribution is 2.20. The number of hydrogen-bond donors (Lipinski definition) is 1. The molecule has 4 rings (SSSR count). The van der Waals surface area contributed by atoms with Gasteiger partial charge in [0.2, 0.25) is 4.96 Å². The molecule has 1 N–H and O–H groups in total. The van der Waals surface area contributed by atoms with E-state index in [2.05, 4.69) is 15.4 Å². The summed E-state index contributed by atoms with van der Waals surface area (Å²) in [5.41, 5.74) is 1.83. The summed E-state index contributed by atoms with van der Waals surface area (Å²) in [4.78, 5) is 29.5. The molecule has 0 aliphatic heterocycles. The highest BCUT2D eigenvalue weighted by molar-refractivity contribution is 7.16. The number of carbonyl (C=O) groups is 1. The highest BCUT2D eigenvalue weighted by atomic mass is 32.1. The largest absolute Gasteiger partial charge is 0.487 e. The first kappa shape index (κ1) is 21.5. The molecule has 2 aromatic carbocycles. The van der Waals surface area contributed by atoms with Gasteiger partial charge in [0.05, 0.1) is 5.69 Å². The molecule has 8 nitrogen and oxygen atoms in total. The molecular formula is C23H22N4O4S. The number of amides is 1. The Hall–Kier alpha value is -3.72. The van der Waals surface area contributed by atoms with Crippen LogP contribution in [0.3, 0.4) is 0 Å². The molecule has 32 heavy (non-hydrogen) atoms. The monoisotopic (exact) mass is 450 g/mol. The quantitative estimate of drug-likeness (QED) is 0.441. The van der Waals surface area contributed by atoms with Crippen molar-refractivity contribution in [1.29, 1.82) is 0 Å². The number of aromatic nitrogens is 3. The summed E-state index contributed by atoms with van der Waals surface area (Å²) in [6.45, 7) is 3.93. The standard InChI is InChI=1S/C23H22N4O4S/c1-3-21-26-27-22(29)12-17(25-23(27)32-21)13-30-18-9-6-8-16(11-18)24-20(28)14-31-19-10-5-4-7-15(19)2/h4-12H,3,13-14H2,1-2H3,(H,24,28). The smallest absolute Gasteiger partial charge is 0.275 e. The highest BCUT2D eigenvalue weighted by Gasteiger charge is 2.10. The number of nitrogens with zero attached hydrogens (tertiary/aromatic N) is 3. The number of aryl methyl sites for hydroxylation is 2. The normalized spacial score (nSPS) is 10.8. The first-order valence-corrected chi connectivity index (χ1v) is 10.9. The lowest BCUT2D eigenvalue weighted by atomic mass is 10.2. The van der Waals surface area contributed by atoms with Gasteiger partial charge in [-0.3, -0.25) is 9.59 Å². The molecule has 4 aromatic rings. The number of para-hydroxylation sites is 1. The minimum atomic E-state index is -0.275. The van der Waals surface area contributed by atoms with Gasteiger partial charge in [-0.05, 0) is 37.1 Å². The van der Waals surface area contributed by atoms with Crippen LogP contribution < -0.4 is 20.3 Å². The molecule has 0 aliphatic carbocycles. The van der Waals surface area contributed by atoms with E-state index in [9.17, 15) is 9.59 Å². The van der Waals surface area contributed by atoms with E-state index in [0.717, 1.165) is 17.0 Å². The van der Waals surface area contributed by atoms with Crippen molar-refractivity contribution in [1.82, 2.24) is 14.6 Å². The SMILES string of the molecule is CCc1nn2c(=O)cc(COc3cccc(NC(=O)COc4ccccc4C)c3)nc2s1. The van der Waals surface area contributed by atoms with E-state index in [4.69, 9.17) is 9.47 Å². The molecule has 0 fully saturated rings. The van der Waals surface area contributed by atoms with Crippen molar-refractivity contribution in [2.75, 3.05) is 11.9 Å². The van der Waals surface area contributed by atoms with Crippen LogP contribution in [0, 0.1) is 6.92 Å². The number of rotatable bonds is 8. The van der Waals surface area contributed by atoms with Crippen LogP contribution >= 0.6 is 11.3 Å². The van der Waals surface area contributed by atoms with Crippen LogP contribution in [0.1, 0.15) is 23.2 Å². The maximum atomic E-state index is 12.3. The number of anilines is 1. The number of nitrogens with one attached hydrogen (secondary N) is 1. The molecule has 0 atom stereocenters. The van der Waals surface area contributed by atoms with Crippen molar-refractivity contribution in [3.63, 3.8) is 0 Å². The molecule has 2 heterocycles. The summed E-state index contributed by atoms with van der Waals surface area (Å²) in [5.74, 6) is 0.942. The maximum absolute atomic E-state index is 12.3. The predicted octanol–water partition coefficient (Wildman–Crippen LogP) is 3.62. The molecule has 0 aliphatic rings. The van der Waals surface area contributed by atoms with Gasteiger partial charge in [0.15, 0.2) is 6.61 Å². The third kappa shape index (κ3) is 5.12. The minimum absolute atomic E-state index is 0.0988. The molecule has 0 spiro atoms. The molecule has 0 saturated carbocycles. The van der Waals surface area contributed by atoms with E-state index in [-0.39, 0.29) is 24.7 Å². The van der Waals surface area contributed by atoms with Crippen molar-refractivity contribution in [3.8, 4) is 11.5 Å². The average molecular weight is 451 g/mol. The Bertz CT molecular complexity index is 1310. The molecule has 2 aromatic heterocycles. The Labute approximate surface area is 188 Å². The zero-order chi connectivity index (χ0) is 22.5. The van der Waals surface area contributed by atoms with Crippen LogP contribution in [0.4, 0.5) is 5.69 Å². The van der Waals surface area contributed by atoms with Crippen molar-refractivity contribution in [3.05, 3.63) is 81.2 Å². The number of hydrogen-bond acceptors (Lipinski definition) is 7. The van der Waals surface area contributed by atoms with Gasteiger partial charge < -0.3 is 14.8 Å². The Morgan fingerprint density at radius 1 is 1.12 bits per heavy atom. The van der Waals surface area contributed by atoms with Gasteiger partial charge in [0, 0.05) is 17.8 Å². The van der Waals surface area contributed by atoms with Crippen molar-refractivity contribution in [2.24, 2.45) is 0 Å². The van der Waals surface area contributed by atoms with Crippen LogP contribution in [0.25, 0.3) is 4.96 Å². The maximum Gasteiger partial charge on any atom is 0.275 e. The zero-order valence-electron chi connectivity index (χ0n) is 17.7. The van der Waals surface area contributed by atoms with E-state index in [1.54, 1.807) is 24.3 Å². The third-order valence-electron chi connectivity index (χ3n) is 4.60. The van der Waals surface area contributed by atoms with Crippen LogP contribution in [-0.2, 0) is 17.8 Å². The van der Waals surface area contributed by atoms with E-state index in [1.165, 1.54) is 21.9 Å². The van der Waals surface area contributed by atoms with Crippen molar-refractivity contribution < 1.29 is 14.3 Å². The zero-order valence-corrected chi connectivity index (χ0v) is 18.5. The number of benzene rings is 2. The Morgan fingerprint density at radius 2 is 1.97 bits per heavy atom. The fourth-order valence-corrected chi connectivity index (χ4v) is 3.85. The summed E-state index contributed by atoms with van der Waals surface area (Å²) in [6, 6.07) is 16.0. The number of fused-ring (bicyclic) bond motifs is 1. The predicted molar refractivity (Wildman–Crippen MR) is 123 cm³/mol. The molecule has 0 radical (unpaired) electrons. The fourth-order valence-electron chi connectivity index (χ4n) is 2.99. The lowest BCUT2D eigenvalue weighted by Gasteiger charge is -2.11. The van der Waals surface area contributed by atoms with Gasteiger partial charge in [0.25, 0.3) is 11.5 Å². The van der Waals surface area contributed by atoms with Crippen molar-refractivity contribution >= 4 is 27.9 Å². The van der Waals surface area contributed by atoms with E-state index in [1.807, 2.05) is 38.1 Å². The van der Waals surface area contributed by atoms with Gasteiger partial charge >= 0.3 is 0 Å². The lowest BCUT2D eigenvalue weighted by molar-refractivity contribution is -0.118. The molecule has 1 amide bonds. The number of ether oxygens (including phenoxy) is 2. The summed E-state index contributed by atoms with van der Waals surface area (Å²) < 4.78 is 12.7. The second-order valence-electron chi connectivity index (χ2n) is 7.05. The Balaban J connectivity index is 1.37. The number of carbonyl (C=O) groups excluding carboxylic acids is 1. The van der Waals surface area contributed by atoms with E-state index >= 15 is 0 Å². The first-order chi connectivity index (χ1) is 15.5. The third-order valence-corrected chi connectivity index (χ3v) is 5.65. The van der Waals surface area contributed by atoms with Crippen LogP contribution in [0.15, 0.2) is 59.4 Å². The van der Waals surface area contributed by atoms with Gasteiger partial charge in [-0.25, -0.2) is 4.98 Å². The molecule has 164 valence electrons. The Kier molecular flexibility index (Phi) is 6.46. The molecule has 0 saturated heterocycles. The molecule has 0 bridgehead atoms. The fraction of sp³-hybridized carbons (Fsp3) is 0.217. The van der Waals surface area contributed by atoms with Gasteiger partial charge in [0.1, 0.15) is 23.1 Å². The second-order valence-corrected chi connectivity index (χ2v) is 8.09. The molecular weight excluding hydrogens is 428 g/mol. The summed E-state index contributed by atoms with van der Waals surface area (Å²) in [6.07, 6.45) is 0.744. The van der Waals surface area contributed by atoms with Crippen LogP contribution in [0.5, 0.6) is 11.5 Å².